The van der Waals surface area contributed by atoms with Crippen molar-refractivity contribution >= 4 is 0 Å². The molecule has 0 aliphatic carbocycles. The summed E-state index contributed by atoms with van der Waals surface area (Å²) >= 11 is 0. The van der Waals surface area contributed by atoms with Crippen molar-refractivity contribution in [3.8, 4) is 23.7 Å². The van der Waals surface area contributed by atoms with E-state index in [0.29, 0.717) is 0 Å². The Labute approximate surface area is 116 Å². The molecule has 0 spiro atoms. The zero-order valence-corrected chi connectivity index (χ0v) is 11.3. The quantitative estimate of drug-likeness (QED) is 0.399. The first-order valence-corrected chi connectivity index (χ1v) is 6.48. The molecule has 2 N–H and O–H groups in total. The number of unbranched alkanes of at least 4 members (excludes halogenated alkanes) is 3. The van der Waals surface area contributed by atoms with Gasteiger partial charge in [-0.05, 0) is 43.3 Å². The van der Waals surface area contributed by atoms with Crippen molar-refractivity contribution in [3.63, 3.8) is 0 Å². The van der Waals surface area contributed by atoms with Crippen LogP contribution in [0.1, 0.15) is 32.1 Å². The van der Waals surface area contributed by atoms with Gasteiger partial charge in [0.25, 0.3) is 0 Å². The summed E-state index contributed by atoms with van der Waals surface area (Å²) in [5.74, 6) is 10.2. The highest BCUT2D eigenvalue weighted by molar-refractivity contribution is 5.32. The normalized spacial score (nSPS) is 12.7. The molecule has 0 bridgehead atoms. The fourth-order valence-electron chi connectivity index (χ4n) is 1.32. The number of aliphatic hydroxyl groups is 2. The first-order chi connectivity index (χ1) is 9.20. The molecule has 0 aromatic carbocycles. The first-order valence-electron chi connectivity index (χ1n) is 6.48. The highest BCUT2D eigenvalue weighted by atomic mass is 16.3. The van der Waals surface area contributed by atoms with Gasteiger partial charge in [-0.15, -0.1) is 6.58 Å². The molecule has 0 aromatic rings. The lowest BCUT2D eigenvalue weighted by Crippen LogP contribution is -2.01. The van der Waals surface area contributed by atoms with E-state index < -0.39 is 12.2 Å². The van der Waals surface area contributed by atoms with Crippen molar-refractivity contribution in [3.05, 3.63) is 37.5 Å². The Morgan fingerprint density at radius 2 is 1.84 bits per heavy atom. The van der Waals surface area contributed by atoms with E-state index in [-0.39, 0.29) is 0 Å². The van der Waals surface area contributed by atoms with E-state index >= 15 is 0 Å². The lowest BCUT2D eigenvalue weighted by molar-refractivity contribution is 0.208. The highest BCUT2D eigenvalue weighted by Gasteiger charge is 1.97. The Balaban J connectivity index is 3.80. The number of aliphatic hydroxyl groups excluding tert-OH is 2. The third kappa shape index (κ3) is 12.5. The third-order valence-corrected chi connectivity index (χ3v) is 2.39. The predicted octanol–water partition coefficient (Wildman–Crippen LogP) is 2.59. The molecule has 0 aliphatic rings. The van der Waals surface area contributed by atoms with Gasteiger partial charge in [-0.2, -0.15) is 0 Å². The number of allylic oxidation sites excluding steroid dienone is 2. The van der Waals surface area contributed by atoms with E-state index in [4.69, 9.17) is 5.11 Å². The van der Waals surface area contributed by atoms with Crippen LogP contribution in [0.3, 0.4) is 0 Å². The van der Waals surface area contributed by atoms with Crippen LogP contribution in [-0.2, 0) is 0 Å². The summed E-state index contributed by atoms with van der Waals surface area (Å²) in [7, 11) is 0. The Bertz CT molecular complexity index is 398. The second-order valence-corrected chi connectivity index (χ2v) is 4.07. The number of rotatable bonds is 8. The van der Waals surface area contributed by atoms with Crippen LogP contribution < -0.4 is 0 Å². The summed E-state index contributed by atoms with van der Waals surface area (Å²) in [6, 6.07) is 0. The van der Waals surface area contributed by atoms with Gasteiger partial charge in [-0.25, -0.2) is 0 Å². The first kappa shape index (κ1) is 17.3. The van der Waals surface area contributed by atoms with Gasteiger partial charge in [-0.1, -0.05) is 43.4 Å². The van der Waals surface area contributed by atoms with E-state index in [1.165, 1.54) is 6.08 Å². The molecule has 0 radical (unpaired) electrons. The molecule has 0 aromatic heterocycles. The Morgan fingerprint density at radius 3 is 2.53 bits per heavy atom. The molecular formula is C17H22O2. The molecule has 2 heteroatoms. The van der Waals surface area contributed by atoms with E-state index in [1.807, 2.05) is 6.08 Å². The van der Waals surface area contributed by atoms with Gasteiger partial charge in [0.1, 0.15) is 6.10 Å². The summed E-state index contributed by atoms with van der Waals surface area (Å²) < 4.78 is 0. The van der Waals surface area contributed by atoms with Crippen molar-refractivity contribution < 1.29 is 10.2 Å². The molecule has 0 amide bonds. The van der Waals surface area contributed by atoms with Gasteiger partial charge in [0, 0.05) is 0 Å². The topological polar surface area (TPSA) is 40.5 Å². The predicted molar refractivity (Wildman–Crippen MR) is 80.2 cm³/mol. The van der Waals surface area contributed by atoms with Crippen LogP contribution in [0, 0.1) is 23.7 Å². The molecule has 0 heterocycles. The largest absolute Gasteiger partial charge is 0.389 e. The van der Waals surface area contributed by atoms with Crippen LogP contribution in [0.4, 0.5) is 0 Å². The van der Waals surface area contributed by atoms with Crippen LogP contribution in [0.2, 0.25) is 0 Å². The molecule has 2 atom stereocenters. The Morgan fingerprint density at radius 1 is 1.05 bits per heavy atom. The molecule has 19 heavy (non-hydrogen) atoms. The zero-order valence-electron chi connectivity index (χ0n) is 11.3. The van der Waals surface area contributed by atoms with Crippen molar-refractivity contribution in [1.82, 2.24) is 0 Å². The van der Waals surface area contributed by atoms with E-state index in [1.54, 1.807) is 12.2 Å². The van der Waals surface area contributed by atoms with Crippen molar-refractivity contribution in [2.45, 2.75) is 44.3 Å². The van der Waals surface area contributed by atoms with Crippen molar-refractivity contribution in [2.24, 2.45) is 0 Å². The maximum atomic E-state index is 9.62. The molecule has 0 saturated carbocycles. The van der Waals surface area contributed by atoms with Gasteiger partial charge < -0.3 is 10.2 Å². The highest BCUT2D eigenvalue weighted by Crippen LogP contribution is 2.06. The minimum atomic E-state index is -0.834. The molecule has 0 fully saturated rings. The van der Waals surface area contributed by atoms with E-state index in [9.17, 15) is 5.11 Å². The monoisotopic (exact) mass is 258 g/mol. The van der Waals surface area contributed by atoms with Gasteiger partial charge >= 0.3 is 0 Å². The molecule has 102 valence electrons. The average Bonchev–Trinajstić information content (AvgIpc) is 2.42. The molecule has 0 aliphatic heterocycles. The zero-order chi connectivity index (χ0) is 14.3. The van der Waals surface area contributed by atoms with Gasteiger partial charge in [0.2, 0.25) is 0 Å². The van der Waals surface area contributed by atoms with E-state index in [0.717, 1.165) is 32.1 Å². The molecule has 0 saturated heterocycles. The SMILES string of the molecule is C=CCCCCC[C@H](O)/C=C/C#CC#C[C@@H](O)C=C. The smallest absolute Gasteiger partial charge is 0.134 e. The fourth-order valence-corrected chi connectivity index (χ4v) is 1.32. The lowest BCUT2D eigenvalue weighted by atomic mass is 10.1. The number of hydrogen-bond donors (Lipinski definition) is 2. The third-order valence-electron chi connectivity index (χ3n) is 2.39. The minimum absolute atomic E-state index is 0.454. The van der Waals surface area contributed by atoms with Crippen LogP contribution in [0.15, 0.2) is 37.5 Å². The molecule has 2 nitrogen and oxygen atoms in total. The summed E-state index contributed by atoms with van der Waals surface area (Å²) in [6.45, 7) is 7.06. The molecule has 0 unspecified atom stereocenters. The Kier molecular flexibility index (Phi) is 11.5. The van der Waals surface area contributed by atoms with Crippen LogP contribution in [0.5, 0.6) is 0 Å². The molecule has 0 rings (SSSR count). The maximum absolute atomic E-state index is 9.62. The van der Waals surface area contributed by atoms with Crippen molar-refractivity contribution in [2.75, 3.05) is 0 Å². The van der Waals surface area contributed by atoms with Gasteiger partial charge in [-0.3, -0.25) is 0 Å². The second kappa shape index (κ2) is 12.7. The summed E-state index contributed by atoms with van der Waals surface area (Å²) in [6.07, 6.45) is 10.2. The second-order valence-electron chi connectivity index (χ2n) is 4.07. The lowest BCUT2D eigenvalue weighted by Gasteiger charge is -2.03. The number of hydrogen-bond acceptors (Lipinski definition) is 2. The van der Waals surface area contributed by atoms with Gasteiger partial charge in [0.15, 0.2) is 0 Å². The van der Waals surface area contributed by atoms with Gasteiger partial charge in [0.05, 0.1) is 6.10 Å². The Hall–Kier alpha value is -1.74. The van der Waals surface area contributed by atoms with Crippen molar-refractivity contribution in [1.29, 1.82) is 0 Å². The van der Waals surface area contributed by atoms with Crippen LogP contribution in [0.25, 0.3) is 0 Å². The average molecular weight is 258 g/mol. The maximum Gasteiger partial charge on any atom is 0.134 e. The van der Waals surface area contributed by atoms with Crippen LogP contribution >= 0.6 is 0 Å². The van der Waals surface area contributed by atoms with Crippen LogP contribution in [-0.4, -0.2) is 22.4 Å². The fraction of sp³-hybridized carbons (Fsp3) is 0.412. The standard InChI is InChI=1S/C17H22O2/c1-3-5-6-7-11-14-17(19)15-12-9-8-10-13-16(18)4-2/h3-4,12,15-19H,1-2,5-7,11,14H2/b15-12+/t16-,17-/m0/s1. The summed E-state index contributed by atoms with van der Waals surface area (Å²) in [5, 5.41) is 18.7. The molecular weight excluding hydrogens is 236 g/mol. The summed E-state index contributed by atoms with van der Waals surface area (Å²) in [5.41, 5.74) is 0. The van der Waals surface area contributed by atoms with E-state index in [2.05, 4.69) is 36.8 Å². The minimum Gasteiger partial charge on any atom is -0.389 e. The summed E-state index contributed by atoms with van der Waals surface area (Å²) in [4.78, 5) is 0.